The predicted octanol–water partition coefficient (Wildman–Crippen LogP) is 2.24. The van der Waals surface area contributed by atoms with Gasteiger partial charge in [0.15, 0.2) is 0 Å². The van der Waals surface area contributed by atoms with E-state index in [1.165, 1.54) is 11.5 Å². The quantitative estimate of drug-likeness (QED) is 0.730. The van der Waals surface area contributed by atoms with Gasteiger partial charge in [-0.3, -0.25) is 9.47 Å². The van der Waals surface area contributed by atoms with Crippen LogP contribution in [0.3, 0.4) is 0 Å². The van der Waals surface area contributed by atoms with E-state index in [1.807, 2.05) is 58.8 Å². The fourth-order valence-corrected chi connectivity index (χ4v) is 4.18. The molecule has 3 aromatic rings. The molecule has 1 fully saturated rings. The van der Waals surface area contributed by atoms with E-state index >= 15 is 0 Å². The van der Waals surface area contributed by atoms with Crippen molar-refractivity contribution in [2.45, 2.75) is 6.54 Å². The van der Waals surface area contributed by atoms with Crippen molar-refractivity contribution < 1.29 is 0 Å². The van der Waals surface area contributed by atoms with Crippen LogP contribution in [0, 0.1) is 0 Å². The molecule has 0 spiro atoms. The number of thioether (sulfide) groups is 1. The van der Waals surface area contributed by atoms with E-state index in [9.17, 15) is 4.79 Å². The fraction of sp³-hybridized carbons (Fsp3) is 0.333. The van der Waals surface area contributed by atoms with Crippen LogP contribution in [0.2, 0.25) is 0 Å². The third kappa shape index (κ3) is 2.87. The molecule has 124 valence electrons. The third-order valence-electron chi connectivity index (χ3n) is 4.46. The van der Waals surface area contributed by atoms with Crippen LogP contribution in [0.4, 0.5) is 0 Å². The zero-order valence-corrected chi connectivity index (χ0v) is 14.3. The minimum Gasteiger partial charge on any atom is -0.300 e. The summed E-state index contributed by atoms with van der Waals surface area (Å²) in [6.07, 6.45) is 1.72. The molecule has 1 aliphatic heterocycles. The van der Waals surface area contributed by atoms with Gasteiger partial charge in [0.05, 0.1) is 11.0 Å². The summed E-state index contributed by atoms with van der Waals surface area (Å²) in [5.74, 6) is 3.04. The molecule has 4 rings (SSSR count). The lowest BCUT2D eigenvalue weighted by molar-refractivity contribution is 0.289. The summed E-state index contributed by atoms with van der Waals surface area (Å²) in [6, 6.07) is 13.6. The average molecular weight is 340 g/mol. The first-order valence-corrected chi connectivity index (χ1v) is 9.42. The number of hydrogen-bond donors (Lipinski definition) is 0. The zero-order chi connectivity index (χ0) is 16.4. The molecule has 0 unspecified atom stereocenters. The van der Waals surface area contributed by atoms with Crippen LogP contribution in [-0.2, 0) is 6.54 Å². The molecule has 24 heavy (non-hydrogen) atoms. The lowest BCUT2D eigenvalue weighted by Gasteiger charge is -2.26. The molecule has 0 atom stereocenters. The number of fused-ring (bicyclic) bond motifs is 1. The van der Waals surface area contributed by atoms with Crippen molar-refractivity contribution in [3.63, 3.8) is 0 Å². The minimum absolute atomic E-state index is 0.0127. The molecule has 0 saturated carbocycles. The number of benzene rings is 1. The highest BCUT2D eigenvalue weighted by molar-refractivity contribution is 7.99. The smallest absolute Gasteiger partial charge is 0.300 e. The second-order valence-corrected chi connectivity index (χ2v) is 7.13. The summed E-state index contributed by atoms with van der Waals surface area (Å²) in [5.41, 5.74) is 1.87. The molecule has 0 aliphatic carbocycles. The Bertz CT molecular complexity index is 881. The van der Waals surface area contributed by atoms with Gasteiger partial charge in [-0.05, 0) is 24.3 Å². The summed E-state index contributed by atoms with van der Waals surface area (Å²) in [7, 11) is 0. The molecule has 6 heteroatoms. The zero-order valence-electron chi connectivity index (χ0n) is 13.5. The average Bonchev–Trinajstić information content (AvgIpc) is 2.93. The molecular weight excluding hydrogens is 320 g/mol. The maximum atomic E-state index is 13.0. The van der Waals surface area contributed by atoms with Crippen molar-refractivity contribution >= 4 is 22.8 Å². The number of aromatic nitrogens is 3. The summed E-state index contributed by atoms with van der Waals surface area (Å²) in [4.78, 5) is 19.8. The number of hydrogen-bond acceptors (Lipinski definition) is 4. The van der Waals surface area contributed by atoms with Crippen LogP contribution in [0.15, 0.2) is 53.5 Å². The molecule has 0 bridgehead atoms. The van der Waals surface area contributed by atoms with E-state index in [4.69, 9.17) is 0 Å². The number of nitrogens with zero attached hydrogens (tertiary/aromatic N) is 4. The molecule has 0 N–H and O–H groups in total. The third-order valence-corrected chi connectivity index (χ3v) is 5.40. The van der Waals surface area contributed by atoms with Crippen molar-refractivity contribution in [2.24, 2.45) is 0 Å². The Balaban J connectivity index is 1.73. The molecule has 1 aromatic carbocycles. The van der Waals surface area contributed by atoms with E-state index in [1.54, 1.807) is 10.8 Å². The molecule has 0 radical (unpaired) electrons. The van der Waals surface area contributed by atoms with Gasteiger partial charge in [0.25, 0.3) is 0 Å². The first kappa shape index (κ1) is 15.5. The van der Waals surface area contributed by atoms with Gasteiger partial charge in [-0.25, -0.2) is 14.3 Å². The Morgan fingerprint density at radius 3 is 2.46 bits per heavy atom. The van der Waals surface area contributed by atoms with E-state index in [0.29, 0.717) is 12.4 Å². The number of rotatable bonds is 4. The second kappa shape index (κ2) is 6.83. The lowest BCUT2D eigenvalue weighted by atomic mass is 10.3. The Hall–Kier alpha value is -2.05. The highest BCUT2D eigenvalue weighted by Gasteiger charge is 2.16. The molecule has 1 saturated heterocycles. The van der Waals surface area contributed by atoms with Gasteiger partial charge < -0.3 is 0 Å². The molecule has 5 nitrogen and oxygen atoms in total. The lowest BCUT2D eigenvalue weighted by Crippen LogP contribution is -2.36. The Kier molecular flexibility index (Phi) is 4.40. The first-order chi connectivity index (χ1) is 11.8. The highest BCUT2D eigenvalue weighted by atomic mass is 32.2. The molecule has 2 aromatic heterocycles. The van der Waals surface area contributed by atoms with Crippen molar-refractivity contribution in [1.82, 2.24) is 19.0 Å². The van der Waals surface area contributed by atoms with Gasteiger partial charge in [-0.15, -0.1) is 0 Å². The van der Waals surface area contributed by atoms with Gasteiger partial charge in [0.2, 0.25) is 0 Å². The second-order valence-electron chi connectivity index (χ2n) is 5.90. The van der Waals surface area contributed by atoms with Gasteiger partial charge in [-0.1, -0.05) is 18.2 Å². The Morgan fingerprint density at radius 2 is 1.71 bits per heavy atom. The normalized spacial score (nSPS) is 15.8. The van der Waals surface area contributed by atoms with E-state index in [0.717, 1.165) is 30.7 Å². The molecular formula is C18H20N4OS. The van der Waals surface area contributed by atoms with Crippen LogP contribution in [0.1, 0.15) is 0 Å². The van der Waals surface area contributed by atoms with E-state index in [2.05, 4.69) is 9.88 Å². The maximum Gasteiger partial charge on any atom is 0.334 e. The molecule has 3 heterocycles. The number of para-hydroxylation sites is 2. The number of pyridine rings is 1. The minimum atomic E-state index is -0.0127. The van der Waals surface area contributed by atoms with Crippen molar-refractivity contribution in [1.29, 1.82) is 0 Å². The largest absolute Gasteiger partial charge is 0.334 e. The van der Waals surface area contributed by atoms with Gasteiger partial charge in [0.1, 0.15) is 5.82 Å². The predicted molar refractivity (Wildman–Crippen MR) is 99.1 cm³/mol. The summed E-state index contributed by atoms with van der Waals surface area (Å²) < 4.78 is 3.59. The van der Waals surface area contributed by atoms with Crippen molar-refractivity contribution in [3.05, 3.63) is 59.1 Å². The monoisotopic (exact) mass is 340 g/mol. The van der Waals surface area contributed by atoms with Crippen LogP contribution >= 0.6 is 11.8 Å². The van der Waals surface area contributed by atoms with Crippen molar-refractivity contribution in [2.75, 3.05) is 31.1 Å². The summed E-state index contributed by atoms with van der Waals surface area (Å²) in [5, 5.41) is 0. The molecule has 1 aliphatic rings. The van der Waals surface area contributed by atoms with E-state index < -0.39 is 0 Å². The summed E-state index contributed by atoms with van der Waals surface area (Å²) in [6.45, 7) is 3.84. The van der Waals surface area contributed by atoms with Crippen LogP contribution in [0.5, 0.6) is 0 Å². The number of imidazole rings is 1. The summed E-state index contributed by atoms with van der Waals surface area (Å²) >= 11 is 2.00. The SMILES string of the molecule is O=c1n(CCN2CCSCC2)c2ccccc2n1-c1ccccn1. The topological polar surface area (TPSA) is 43.1 Å². The van der Waals surface area contributed by atoms with Crippen molar-refractivity contribution in [3.8, 4) is 5.82 Å². The standard InChI is InChI=1S/C18H20N4OS/c23-18-21(10-9-20-11-13-24-14-12-20)15-5-1-2-6-16(15)22(18)17-7-3-4-8-19-17/h1-8H,9-14H2. The van der Waals surface area contributed by atoms with Gasteiger partial charge in [-0.2, -0.15) is 11.8 Å². The van der Waals surface area contributed by atoms with E-state index in [-0.39, 0.29) is 5.69 Å². The van der Waals surface area contributed by atoms with Crippen LogP contribution in [-0.4, -0.2) is 50.2 Å². The van der Waals surface area contributed by atoms with Gasteiger partial charge in [0, 0.05) is 43.9 Å². The Morgan fingerprint density at radius 1 is 0.958 bits per heavy atom. The van der Waals surface area contributed by atoms with Crippen LogP contribution in [0.25, 0.3) is 16.9 Å². The van der Waals surface area contributed by atoms with Crippen LogP contribution < -0.4 is 5.69 Å². The fourth-order valence-electron chi connectivity index (χ4n) is 3.20. The molecule has 0 amide bonds. The highest BCUT2D eigenvalue weighted by Crippen LogP contribution is 2.16. The van der Waals surface area contributed by atoms with Gasteiger partial charge >= 0.3 is 5.69 Å². The maximum absolute atomic E-state index is 13.0. The first-order valence-electron chi connectivity index (χ1n) is 8.26. The Labute approximate surface area is 144 Å².